The topological polar surface area (TPSA) is 128 Å². The average Bonchev–Trinajstić information content (AvgIpc) is 3.94. The van der Waals surface area contributed by atoms with Gasteiger partial charge < -0.3 is 28.6 Å². The summed E-state index contributed by atoms with van der Waals surface area (Å²) in [6.45, 7) is 9.78. The number of benzene rings is 2. The number of aryl methyl sites for hydroxylation is 1. The second kappa shape index (κ2) is 17.6. The molecule has 290 valence electrons. The Bertz CT molecular complexity index is 2290. The van der Waals surface area contributed by atoms with Gasteiger partial charge in [-0.3, -0.25) is 9.58 Å². The molecule has 1 fully saturated rings. The molecule has 0 amide bonds. The first-order valence-corrected chi connectivity index (χ1v) is 18.7. The third-order valence-electron chi connectivity index (χ3n) is 9.34. The third-order valence-corrected chi connectivity index (χ3v) is 10.9. The summed E-state index contributed by atoms with van der Waals surface area (Å²) < 4.78 is 49.2. The van der Waals surface area contributed by atoms with E-state index in [2.05, 4.69) is 31.9 Å². The van der Waals surface area contributed by atoms with Crippen molar-refractivity contribution in [1.29, 1.82) is 0 Å². The summed E-state index contributed by atoms with van der Waals surface area (Å²) in [5, 5.41) is 15.5. The monoisotopic (exact) mass is 791 g/mol. The summed E-state index contributed by atoms with van der Waals surface area (Å²) in [4.78, 5) is 27.3. The Labute approximate surface area is 329 Å². The highest BCUT2D eigenvalue weighted by atomic mass is 35.5. The van der Waals surface area contributed by atoms with E-state index >= 15 is 0 Å². The van der Waals surface area contributed by atoms with Crippen LogP contribution in [0.25, 0.3) is 32.0 Å². The molecule has 2 aromatic carbocycles. The van der Waals surface area contributed by atoms with Crippen molar-refractivity contribution in [2.24, 2.45) is 0 Å². The number of halogens is 2. The molecule has 0 radical (unpaired) electrons. The highest BCUT2D eigenvalue weighted by Crippen LogP contribution is 2.49. The number of carboxylic acids is 1. The number of carboxylic acid groups (broad SMARTS) is 1. The molecule has 55 heavy (non-hydrogen) atoms. The van der Waals surface area contributed by atoms with E-state index in [0.717, 1.165) is 38.4 Å². The Balaban J connectivity index is 0.00000532. The predicted molar refractivity (Wildman–Crippen MR) is 211 cm³/mol. The molecule has 1 saturated heterocycles. The van der Waals surface area contributed by atoms with E-state index in [4.69, 9.17) is 31.6 Å². The van der Waals surface area contributed by atoms with Crippen molar-refractivity contribution in [2.45, 2.75) is 46.9 Å². The molecular formula is C40H44ClFN6O6S. The second-order valence-corrected chi connectivity index (χ2v) is 14.2. The van der Waals surface area contributed by atoms with Gasteiger partial charge in [-0.15, -0.1) is 11.3 Å². The SMILES string of the molecule is C.[2H][C@@H](c1ccccc1OCc1ccnn1CC)[C@@H](Oc1ncnc2sc(-c3ccc(F)o3)c(-c3ccc(OCCN4CCN(C)CC4)c(Cl)c3C)c12)C(=O)O. The number of hydrogen-bond acceptors (Lipinski definition) is 11. The molecule has 0 spiro atoms. The standard InChI is InChI=1S/C39H40ClFN6O6S.CH4/c1-4-47-26(13-14-44-47)22-51-28-8-6-5-7-25(28)21-31(39(48)49)53-37-34-33(36(30-11-12-32(41)52-30)54-38(34)43-23-42-37)27-9-10-29(35(40)24(27)2)50-20-19-46-17-15-45(3)16-18-46;/h5-14,23,31H,4,15-22H2,1-3H3,(H,48,49);1H4/t31-;/m1./s1/i21D;/t21-,31+;/m0.. The zero-order valence-electron chi connectivity index (χ0n) is 31.0. The van der Waals surface area contributed by atoms with Crippen LogP contribution in [-0.4, -0.2) is 93.1 Å². The number of carbonyl (C=O) groups is 1. The zero-order chi connectivity index (χ0) is 38.6. The van der Waals surface area contributed by atoms with Crippen LogP contribution in [-0.2, 0) is 24.3 Å². The number of furan rings is 1. The van der Waals surface area contributed by atoms with Crippen LogP contribution >= 0.6 is 22.9 Å². The minimum absolute atomic E-state index is 0. The van der Waals surface area contributed by atoms with Crippen molar-refractivity contribution >= 4 is 39.1 Å². The van der Waals surface area contributed by atoms with Crippen molar-refractivity contribution in [3.8, 4) is 39.1 Å². The van der Waals surface area contributed by atoms with Gasteiger partial charge in [0, 0.05) is 64.9 Å². The molecule has 0 bridgehead atoms. The lowest BCUT2D eigenvalue weighted by Gasteiger charge is -2.32. The highest BCUT2D eigenvalue weighted by Gasteiger charge is 2.29. The van der Waals surface area contributed by atoms with Crippen LogP contribution in [0.4, 0.5) is 4.39 Å². The minimum atomic E-state index is -1.72. The van der Waals surface area contributed by atoms with Crippen LogP contribution in [0.3, 0.4) is 0 Å². The lowest BCUT2D eigenvalue weighted by atomic mass is 9.97. The summed E-state index contributed by atoms with van der Waals surface area (Å²) in [6.07, 6.45) is -0.220. The molecule has 12 nitrogen and oxygen atoms in total. The quantitative estimate of drug-likeness (QED) is 0.109. The van der Waals surface area contributed by atoms with Crippen LogP contribution in [0.2, 0.25) is 5.02 Å². The molecule has 6 aromatic rings. The molecule has 15 heteroatoms. The highest BCUT2D eigenvalue weighted by molar-refractivity contribution is 7.22. The molecule has 5 heterocycles. The number of piperazine rings is 1. The number of likely N-dealkylation sites (N-methyl/N-ethyl adjacent to an activating group) is 1. The Morgan fingerprint density at radius 2 is 1.89 bits per heavy atom. The van der Waals surface area contributed by atoms with E-state index in [0.29, 0.717) is 67.0 Å². The van der Waals surface area contributed by atoms with Crippen molar-refractivity contribution in [1.82, 2.24) is 29.5 Å². The minimum Gasteiger partial charge on any atom is -0.491 e. The van der Waals surface area contributed by atoms with Crippen LogP contribution in [0.15, 0.2) is 71.5 Å². The fraction of sp³-hybridized carbons (Fsp3) is 0.350. The molecule has 1 aliphatic heterocycles. The van der Waals surface area contributed by atoms with E-state index in [1.165, 1.54) is 29.8 Å². The molecule has 4 aromatic heterocycles. The number of aromatic nitrogens is 4. The van der Waals surface area contributed by atoms with Gasteiger partial charge in [0.25, 0.3) is 6.01 Å². The molecule has 2 atom stereocenters. The van der Waals surface area contributed by atoms with Crippen molar-refractivity contribution in [3.05, 3.63) is 95.0 Å². The van der Waals surface area contributed by atoms with Gasteiger partial charge in [-0.05, 0) is 61.9 Å². The number of aliphatic carboxylic acids is 1. The Morgan fingerprint density at radius 3 is 2.64 bits per heavy atom. The molecule has 0 aliphatic carbocycles. The normalized spacial score (nSPS) is 15.0. The number of ether oxygens (including phenoxy) is 3. The maximum absolute atomic E-state index is 14.3. The first-order chi connectivity index (χ1) is 26.6. The number of para-hydroxylation sites is 1. The van der Waals surface area contributed by atoms with Gasteiger partial charge in [0.2, 0.25) is 12.0 Å². The van der Waals surface area contributed by atoms with Gasteiger partial charge in [0.1, 0.15) is 41.6 Å². The van der Waals surface area contributed by atoms with Crippen LogP contribution < -0.4 is 14.2 Å². The van der Waals surface area contributed by atoms with Crippen molar-refractivity contribution in [2.75, 3.05) is 46.4 Å². The molecule has 0 unspecified atom stereocenters. The Kier molecular flexibility index (Phi) is 12.3. The maximum Gasteiger partial charge on any atom is 0.345 e. The molecule has 0 saturated carbocycles. The molecular weight excluding hydrogens is 747 g/mol. The largest absolute Gasteiger partial charge is 0.491 e. The summed E-state index contributed by atoms with van der Waals surface area (Å²) in [5.74, 6) is -0.380. The summed E-state index contributed by atoms with van der Waals surface area (Å²) in [6, 6.07) is 14.2. The fourth-order valence-electron chi connectivity index (χ4n) is 6.37. The summed E-state index contributed by atoms with van der Waals surface area (Å²) >= 11 is 8.17. The van der Waals surface area contributed by atoms with E-state index in [1.54, 1.807) is 41.2 Å². The third kappa shape index (κ3) is 8.78. The van der Waals surface area contributed by atoms with Crippen LogP contribution in [0.1, 0.15) is 32.5 Å². The zero-order valence-corrected chi connectivity index (χ0v) is 31.6. The molecule has 1 N–H and O–H groups in total. The summed E-state index contributed by atoms with van der Waals surface area (Å²) in [5.41, 5.74) is 2.94. The van der Waals surface area contributed by atoms with Crippen molar-refractivity contribution < 1.29 is 34.3 Å². The Hall–Kier alpha value is -5.02. The van der Waals surface area contributed by atoms with Crippen LogP contribution in [0.5, 0.6) is 17.4 Å². The van der Waals surface area contributed by atoms with E-state index < -0.39 is 24.5 Å². The average molecular weight is 792 g/mol. The number of thiophene rings is 1. The van der Waals surface area contributed by atoms with Crippen molar-refractivity contribution in [3.63, 3.8) is 0 Å². The second-order valence-electron chi connectivity index (χ2n) is 12.8. The van der Waals surface area contributed by atoms with Gasteiger partial charge in [-0.1, -0.05) is 43.3 Å². The number of hydrogen-bond donors (Lipinski definition) is 1. The van der Waals surface area contributed by atoms with E-state index in [9.17, 15) is 14.3 Å². The Morgan fingerprint density at radius 1 is 1.09 bits per heavy atom. The van der Waals surface area contributed by atoms with Gasteiger partial charge in [-0.25, -0.2) is 14.8 Å². The first-order valence-electron chi connectivity index (χ1n) is 18.1. The lowest BCUT2D eigenvalue weighted by molar-refractivity contribution is -0.145. The number of nitrogens with zero attached hydrogens (tertiary/aromatic N) is 6. The van der Waals surface area contributed by atoms with Gasteiger partial charge in [0.15, 0.2) is 0 Å². The first kappa shape index (κ1) is 38.3. The van der Waals surface area contributed by atoms with Gasteiger partial charge >= 0.3 is 5.97 Å². The van der Waals surface area contributed by atoms with E-state index in [1.807, 2.05) is 26.0 Å². The number of rotatable bonds is 15. The lowest BCUT2D eigenvalue weighted by Crippen LogP contribution is -2.45. The predicted octanol–water partition coefficient (Wildman–Crippen LogP) is 7.85. The fourth-order valence-corrected chi connectivity index (χ4v) is 7.70. The number of fused-ring (bicyclic) bond motifs is 1. The molecule has 1 aliphatic rings. The van der Waals surface area contributed by atoms with Crippen LogP contribution in [0, 0.1) is 12.9 Å². The van der Waals surface area contributed by atoms with E-state index in [-0.39, 0.29) is 25.7 Å². The molecule has 7 rings (SSSR count). The smallest absolute Gasteiger partial charge is 0.345 e. The van der Waals surface area contributed by atoms with Gasteiger partial charge in [0.05, 0.1) is 21.0 Å². The maximum atomic E-state index is 14.3. The summed E-state index contributed by atoms with van der Waals surface area (Å²) in [7, 11) is 2.11. The van der Waals surface area contributed by atoms with Gasteiger partial charge in [-0.2, -0.15) is 9.49 Å².